The van der Waals surface area contributed by atoms with Crippen molar-refractivity contribution >= 4 is 45.7 Å². The second-order valence-electron chi connectivity index (χ2n) is 5.63. The Morgan fingerprint density at radius 2 is 1.85 bits per heavy atom. The van der Waals surface area contributed by atoms with Gasteiger partial charge in [-0.05, 0) is 42.5 Å². The van der Waals surface area contributed by atoms with Crippen LogP contribution in [-0.4, -0.2) is 10.9 Å². The molecule has 1 amide bonds. The van der Waals surface area contributed by atoms with Crippen LogP contribution in [0.5, 0.6) is 0 Å². The van der Waals surface area contributed by atoms with Crippen LogP contribution in [0, 0.1) is 0 Å². The van der Waals surface area contributed by atoms with Crippen molar-refractivity contribution in [3.05, 3.63) is 82.5 Å². The molecule has 0 unspecified atom stereocenters. The van der Waals surface area contributed by atoms with Gasteiger partial charge in [-0.2, -0.15) is 0 Å². The molecular weight excluding hydrogens is 371 g/mol. The number of fused-ring (bicyclic) bond motifs is 1. The monoisotopic (exact) mass is 382 g/mol. The maximum atomic E-state index is 12.9. The Morgan fingerprint density at radius 1 is 1.00 bits per heavy atom. The Morgan fingerprint density at radius 3 is 2.65 bits per heavy atom. The van der Waals surface area contributed by atoms with E-state index in [1.165, 1.54) is 0 Å². The fraction of sp³-hybridized carbons (Fsp3) is 0. The molecule has 0 fully saturated rings. The van der Waals surface area contributed by atoms with Gasteiger partial charge in [0.15, 0.2) is 5.76 Å². The third-order valence-electron chi connectivity index (χ3n) is 3.91. The maximum absolute atomic E-state index is 12.9. The third kappa shape index (κ3) is 3.17. The summed E-state index contributed by atoms with van der Waals surface area (Å²) in [4.78, 5) is 17.5. The first kappa shape index (κ1) is 16.6. The molecular formula is C20H12Cl2N2O2. The topological polar surface area (TPSA) is 55.1 Å². The first-order valence-corrected chi connectivity index (χ1v) is 8.57. The first-order valence-electron chi connectivity index (χ1n) is 7.82. The van der Waals surface area contributed by atoms with Gasteiger partial charge >= 0.3 is 0 Å². The van der Waals surface area contributed by atoms with E-state index in [0.717, 1.165) is 5.39 Å². The average molecular weight is 383 g/mol. The summed E-state index contributed by atoms with van der Waals surface area (Å²) in [5, 5.41) is 4.45. The number of carbonyl (C=O) groups excluding carboxylic acids is 1. The zero-order chi connectivity index (χ0) is 18.1. The number of carbonyl (C=O) groups is 1. The number of rotatable bonds is 3. The number of furan rings is 1. The molecule has 4 aromatic rings. The van der Waals surface area contributed by atoms with Crippen molar-refractivity contribution in [1.82, 2.24) is 4.98 Å². The molecule has 0 radical (unpaired) electrons. The molecule has 2 aromatic carbocycles. The molecule has 0 aliphatic heterocycles. The lowest BCUT2D eigenvalue weighted by Gasteiger charge is -2.11. The highest BCUT2D eigenvalue weighted by Gasteiger charge is 2.16. The molecule has 0 aliphatic carbocycles. The van der Waals surface area contributed by atoms with E-state index >= 15 is 0 Å². The average Bonchev–Trinajstić information content (AvgIpc) is 3.18. The highest BCUT2D eigenvalue weighted by atomic mass is 35.5. The van der Waals surface area contributed by atoms with Gasteiger partial charge in [0, 0.05) is 10.4 Å². The minimum absolute atomic E-state index is 0.305. The number of para-hydroxylation sites is 1. The van der Waals surface area contributed by atoms with Crippen LogP contribution < -0.4 is 5.32 Å². The molecule has 1 N–H and O–H groups in total. The number of hydrogen-bond acceptors (Lipinski definition) is 3. The standard InChI is InChI=1S/C20H12Cl2N2O2/c21-12-7-8-15(22)17(10-12)24-20(25)14-11-18(19-6-3-9-26-19)23-16-5-2-1-4-13(14)16/h1-11H,(H,24,25). The molecule has 0 aliphatic rings. The fourth-order valence-corrected chi connectivity index (χ4v) is 3.03. The lowest BCUT2D eigenvalue weighted by molar-refractivity contribution is 0.102. The Bertz CT molecular complexity index is 1110. The number of aromatic nitrogens is 1. The third-order valence-corrected chi connectivity index (χ3v) is 4.48. The summed E-state index contributed by atoms with van der Waals surface area (Å²) < 4.78 is 5.42. The van der Waals surface area contributed by atoms with Crippen molar-refractivity contribution in [2.75, 3.05) is 5.32 Å². The quantitative estimate of drug-likeness (QED) is 0.468. The van der Waals surface area contributed by atoms with Gasteiger partial charge in [0.05, 0.1) is 28.1 Å². The number of anilines is 1. The largest absolute Gasteiger partial charge is 0.463 e. The van der Waals surface area contributed by atoms with Crippen LogP contribution in [0.3, 0.4) is 0 Å². The molecule has 128 valence electrons. The molecule has 26 heavy (non-hydrogen) atoms. The highest BCUT2D eigenvalue weighted by molar-refractivity contribution is 6.36. The van der Waals surface area contributed by atoms with Crippen LogP contribution in [-0.2, 0) is 0 Å². The molecule has 0 bridgehead atoms. The molecule has 0 spiro atoms. The van der Waals surface area contributed by atoms with E-state index in [-0.39, 0.29) is 5.91 Å². The van der Waals surface area contributed by atoms with Gasteiger partial charge in [0.2, 0.25) is 0 Å². The fourth-order valence-electron chi connectivity index (χ4n) is 2.70. The Balaban J connectivity index is 1.81. The number of benzene rings is 2. The summed E-state index contributed by atoms with van der Waals surface area (Å²) >= 11 is 12.2. The number of hydrogen-bond donors (Lipinski definition) is 1. The second-order valence-corrected chi connectivity index (χ2v) is 6.47. The minimum Gasteiger partial charge on any atom is -0.463 e. The number of pyridine rings is 1. The number of nitrogens with zero attached hydrogens (tertiary/aromatic N) is 1. The van der Waals surface area contributed by atoms with E-state index < -0.39 is 0 Å². The SMILES string of the molecule is O=C(Nc1cc(Cl)ccc1Cl)c1cc(-c2ccco2)nc2ccccc12. The number of amides is 1. The predicted molar refractivity (Wildman–Crippen MR) is 104 cm³/mol. The van der Waals surface area contributed by atoms with Crippen molar-refractivity contribution in [2.45, 2.75) is 0 Å². The summed E-state index contributed by atoms with van der Waals surface area (Å²) in [7, 11) is 0. The predicted octanol–water partition coefficient (Wildman–Crippen LogP) is 6.05. The first-order chi connectivity index (χ1) is 12.6. The lowest BCUT2D eigenvalue weighted by atomic mass is 10.1. The van der Waals surface area contributed by atoms with Crippen LogP contribution in [0.1, 0.15) is 10.4 Å². The summed E-state index contributed by atoms with van der Waals surface area (Å²) in [5.74, 6) is 0.283. The van der Waals surface area contributed by atoms with Crippen LogP contribution in [0.25, 0.3) is 22.4 Å². The summed E-state index contributed by atoms with van der Waals surface area (Å²) in [6.07, 6.45) is 1.57. The number of nitrogens with one attached hydrogen (secondary N) is 1. The molecule has 4 nitrogen and oxygen atoms in total. The molecule has 0 saturated heterocycles. The summed E-state index contributed by atoms with van der Waals surface area (Å²) in [6, 6.07) is 17.6. The van der Waals surface area contributed by atoms with Crippen molar-refractivity contribution in [3.63, 3.8) is 0 Å². The summed E-state index contributed by atoms with van der Waals surface area (Å²) in [6.45, 7) is 0. The smallest absolute Gasteiger partial charge is 0.256 e. The van der Waals surface area contributed by atoms with Gasteiger partial charge in [-0.3, -0.25) is 4.79 Å². The van der Waals surface area contributed by atoms with Crippen LogP contribution in [0.15, 0.2) is 71.3 Å². The van der Waals surface area contributed by atoms with Gasteiger partial charge in [-0.25, -0.2) is 4.98 Å². The summed E-state index contributed by atoms with van der Waals surface area (Å²) in [5.41, 5.74) is 2.20. The van der Waals surface area contributed by atoms with Gasteiger partial charge < -0.3 is 9.73 Å². The van der Waals surface area contributed by atoms with Crippen molar-refractivity contribution in [1.29, 1.82) is 0 Å². The lowest BCUT2D eigenvalue weighted by Crippen LogP contribution is -2.13. The maximum Gasteiger partial charge on any atom is 0.256 e. The van der Waals surface area contributed by atoms with Crippen LogP contribution in [0.4, 0.5) is 5.69 Å². The second kappa shape index (κ2) is 6.83. The zero-order valence-electron chi connectivity index (χ0n) is 13.4. The van der Waals surface area contributed by atoms with E-state index in [0.29, 0.717) is 38.3 Å². The molecule has 0 saturated carbocycles. The Kier molecular flexibility index (Phi) is 4.37. The van der Waals surface area contributed by atoms with Gasteiger partial charge in [0.1, 0.15) is 5.69 Å². The van der Waals surface area contributed by atoms with Gasteiger partial charge in [0.25, 0.3) is 5.91 Å². The van der Waals surface area contributed by atoms with Crippen molar-refractivity contribution in [2.24, 2.45) is 0 Å². The molecule has 6 heteroatoms. The zero-order valence-corrected chi connectivity index (χ0v) is 14.9. The highest BCUT2D eigenvalue weighted by Crippen LogP contribution is 2.29. The van der Waals surface area contributed by atoms with Crippen LogP contribution >= 0.6 is 23.2 Å². The van der Waals surface area contributed by atoms with E-state index in [2.05, 4.69) is 10.3 Å². The minimum atomic E-state index is -0.305. The number of halogens is 2. The van der Waals surface area contributed by atoms with Crippen LogP contribution in [0.2, 0.25) is 10.0 Å². The van der Waals surface area contributed by atoms with E-state index in [1.807, 2.05) is 24.3 Å². The van der Waals surface area contributed by atoms with Gasteiger partial charge in [-0.15, -0.1) is 0 Å². The molecule has 2 aromatic heterocycles. The van der Waals surface area contributed by atoms with E-state index in [9.17, 15) is 4.79 Å². The van der Waals surface area contributed by atoms with Crippen molar-refractivity contribution < 1.29 is 9.21 Å². The molecule has 4 rings (SSSR count). The van der Waals surface area contributed by atoms with E-state index in [4.69, 9.17) is 27.6 Å². The Hall–Kier alpha value is -2.82. The van der Waals surface area contributed by atoms with Gasteiger partial charge in [-0.1, -0.05) is 41.4 Å². The van der Waals surface area contributed by atoms with E-state index in [1.54, 1.807) is 42.7 Å². The van der Waals surface area contributed by atoms with Crippen molar-refractivity contribution in [3.8, 4) is 11.5 Å². The molecule has 2 heterocycles. The Labute approximate surface area is 159 Å². The normalized spacial score (nSPS) is 10.8. The molecule has 0 atom stereocenters.